The van der Waals surface area contributed by atoms with Gasteiger partial charge in [0.15, 0.2) is 0 Å². The van der Waals surface area contributed by atoms with Gasteiger partial charge in [0.1, 0.15) is 17.0 Å². The quantitative estimate of drug-likeness (QED) is 0.775. The molecule has 0 bridgehead atoms. The third-order valence-corrected chi connectivity index (χ3v) is 4.21. The second kappa shape index (κ2) is 4.97. The highest BCUT2D eigenvalue weighted by Crippen LogP contribution is 2.30. The van der Waals surface area contributed by atoms with Gasteiger partial charge < -0.3 is 5.32 Å². The Morgan fingerprint density at radius 2 is 1.95 bits per heavy atom. The van der Waals surface area contributed by atoms with Crippen LogP contribution in [-0.2, 0) is 0 Å². The van der Waals surface area contributed by atoms with E-state index in [0.717, 1.165) is 16.0 Å². The molecule has 0 radical (unpaired) electrons. The molecule has 0 saturated carbocycles. The summed E-state index contributed by atoms with van der Waals surface area (Å²) >= 11 is 1.66. The molecule has 1 atom stereocenters. The first-order valence-corrected chi connectivity index (χ1v) is 7.14. The van der Waals surface area contributed by atoms with Crippen LogP contribution in [0.2, 0.25) is 0 Å². The fourth-order valence-corrected chi connectivity index (χ4v) is 3.05. The Hall–Kier alpha value is -1.94. The molecule has 0 saturated heterocycles. The number of benzene rings is 1. The van der Waals surface area contributed by atoms with Gasteiger partial charge in [-0.15, -0.1) is 11.3 Å². The molecule has 0 aliphatic heterocycles. The SMILES string of the molecule is Cc1csc2ncnc(N[C@H](C)c3ccccc3)c12. The first kappa shape index (κ1) is 12.1. The Morgan fingerprint density at radius 1 is 1.16 bits per heavy atom. The molecule has 3 rings (SSSR count). The van der Waals surface area contributed by atoms with Crippen LogP contribution in [0.1, 0.15) is 24.1 Å². The molecular weight excluding hydrogens is 254 g/mol. The lowest BCUT2D eigenvalue weighted by Crippen LogP contribution is -2.08. The molecule has 0 fully saturated rings. The van der Waals surface area contributed by atoms with E-state index in [2.05, 4.69) is 58.8 Å². The van der Waals surface area contributed by atoms with E-state index in [9.17, 15) is 0 Å². The van der Waals surface area contributed by atoms with Crippen molar-refractivity contribution in [2.75, 3.05) is 5.32 Å². The van der Waals surface area contributed by atoms with Gasteiger partial charge in [-0.2, -0.15) is 0 Å². The summed E-state index contributed by atoms with van der Waals surface area (Å²) in [6, 6.07) is 10.6. The van der Waals surface area contributed by atoms with Gasteiger partial charge in [0, 0.05) is 6.04 Å². The Morgan fingerprint density at radius 3 is 2.74 bits per heavy atom. The van der Waals surface area contributed by atoms with Crippen LogP contribution in [0.25, 0.3) is 10.2 Å². The summed E-state index contributed by atoms with van der Waals surface area (Å²) in [5.41, 5.74) is 2.48. The van der Waals surface area contributed by atoms with Gasteiger partial charge in [-0.3, -0.25) is 0 Å². The van der Waals surface area contributed by atoms with Crippen LogP contribution in [0.4, 0.5) is 5.82 Å². The fraction of sp³-hybridized carbons (Fsp3) is 0.200. The number of rotatable bonds is 3. The highest BCUT2D eigenvalue weighted by atomic mass is 32.1. The minimum atomic E-state index is 0.221. The van der Waals surface area contributed by atoms with Crippen LogP contribution in [0, 0.1) is 6.92 Å². The van der Waals surface area contributed by atoms with Crippen LogP contribution in [-0.4, -0.2) is 9.97 Å². The van der Waals surface area contributed by atoms with E-state index in [1.165, 1.54) is 11.1 Å². The molecule has 1 N–H and O–H groups in total. The van der Waals surface area contributed by atoms with Crippen molar-refractivity contribution >= 4 is 27.4 Å². The van der Waals surface area contributed by atoms with Gasteiger partial charge in [-0.25, -0.2) is 9.97 Å². The van der Waals surface area contributed by atoms with Crippen molar-refractivity contribution in [2.45, 2.75) is 19.9 Å². The Labute approximate surface area is 116 Å². The summed E-state index contributed by atoms with van der Waals surface area (Å²) in [7, 11) is 0. The Bertz CT molecular complexity index is 691. The highest BCUT2D eigenvalue weighted by Gasteiger charge is 2.11. The van der Waals surface area contributed by atoms with E-state index in [1.807, 2.05) is 6.07 Å². The minimum absolute atomic E-state index is 0.221. The van der Waals surface area contributed by atoms with E-state index in [-0.39, 0.29) is 6.04 Å². The molecule has 2 heterocycles. The van der Waals surface area contributed by atoms with E-state index >= 15 is 0 Å². The molecule has 0 amide bonds. The molecule has 0 aliphatic carbocycles. The number of aromatic nitrogens is 2. The van der Waals surface area contributed by atoms with Crippen molar-refractivity contribution in [1.82, 2.24) is 9.97 Å². The van der Waals surface area contributed by atoms with Crippen LogP contribution >= 0.6 is 11.3 Å². The van der Waals surface area contributed by atoms with Gasteiger partial charge in [0.05, 0.1) is 5.39 Å². The normalized spacial score (nSPS) is 12.5. The molecule has 0 spiro atoms. The smallest absolute Gasteiger partial charge is 0.138 e. The molecular formula is C15H15N3S. The second-order valence-corrected chi connectivity index (χ2v) is 5.46. The number of aryl methyl sites for hydroxylation is 1. The predicted octanol–water partition coefficient (Wildman–Crippen LogP) is 4.17. The molecule has 3 aromatic rings. The summed E-state index contributed by atoms with van der Waals surface area (Å²) in [5, 5.41) is 6.74. The first-order chi connectivity index (χ1) is 9.25. The maximum atomic E-state index is 4.39. The predicted molar refractivity (Wildman–Crippen MR) is 80.6 cm³/mol. The lowest BCUT2D eigenvalue weighted by atomic mass is 10.1. The summed E-state index contributed by atoms with van der Waals surface area (Å²) in [4.78, 5) is 9.74. The Kier molecular flexibility index (Phi) is 3.17. The van der Waals surface area contributed by atoms with E-state index in [1.54, 1.807) is 17.7 Å². The van der Waals surface area contributed by atoms with E-state index in [0.29, 0.717) is 0 Å². The third kappa shape index (κ3) is 2.31. The summed E-state index contributed by atoms with van der Waals surface area (Å²) in [6.07, 6.45) is 1.62. The van der Waals surface area contributed by atoms with Gasteiger partial charge >= 0.3 is 0 Å². The van der Waals surface area contributed by atoms with E-state index < -0.39 is 0 Å². The van der Waals surface area contributed by atoms with Crippen molar-refractivity contribution in [3.8, 4) is 0 Å². The zero-order valence-electron chi connectivity index (χ0n) is 10.9. The van der Waals surface area contributed by atoms with Crippen LogP contribution in [0.15, 0.2) is 42.0 Å². The third-order valence-electron chi connectivity index (χ3n) is 3.21. The topological polar surface area (TPSA) is 37.8 Å². The number of thiophene rings is 1. The standard InChI is InChI=1S/C15H15N3S/c1-10-8-19-15-13(10)14(16-9-17-15)18-11(2)12-6-4-3-5-7-12/h3-9,11H,1-2H3,(H,16,17,18)/t11-/m1/s1. The van der Waals surface area contributed by atoms with Crippen molar-refractivity contribution in [3.63, 3.8) is 0 Å². The van der Waals surface area contributed by atoms with Crippen LogP contribution in [0.5, 0.6) is 0 Å². The molecule has 0 unspecified atom stereocenters. The number of hydrogen-bond donors (Lipinski definition) is 1. The maximum absolute atomic E-state index is 4.39. The summed E-state index contributed by atoms with van der Waals surface area (Å²) in [6.45, 7) is 4.24. The molecule has 4 heteroatoms. The van der Waals surface area contributed by atoms with E-state index in [4.69, 9.17) is 0 Å². The highest BCUT2D eigenvalue weighted by molar-refractivity contribution is 7.17. The average molecular weight is 269 g/mol. The number of nitrogens with one attached hydrogen (secondary N) is 1. The largest absolute Gasteiger partial charge is 0.363 e. The van der Waals surface area contributed by atoms with Crippen molar-refractivity contribution in [2.24, 2.45) is 0 Å². The molecule has 96 valence electrons. The van der Waals surface area contributed by atoms with Crippen molar-refractivity contribution in [1.29, 1.82) is 0 Å². The molecule has 19 heavy (non-hydrogen) atoms. The van der Waals surface area contributed by atoms with Gasteiger partial charge in [-0.1, -0.05) is 30.3 Å². The average Bonchev–Trinajstić information content (AvgIpc) is 2.83. The van der Waals surface area contributed by atoms with Gasteiger partial charge in [0.25, 0.3) is 0 Å². The lowest BCUT2D eigenvalue weighted by Gasteiger charge is -2.15. The first-order valence-electron chi connectivity index (χ1n) is 6.26. The van der Waals surface area contributed by atoms with Gasteiger partial charge in [0.2, 0.25) is 0 Å². The monoisotopic (exact) mass is 269 g/mol. The van der Waals surface area contributed by atoms with Crippen molar-refractivity contribution < 1.29 is 0 Å². The minimum Gasteiger partial charge on any atom is -0.363 e. The molecule has 0 aliphatic rings. The Balaban J connectivity index is 1.95. The molecule has 2 aromatic heterocycles. The van der Waals surface area contributed by atoms with Crippen LogP contribution < -0.4 is 5.32 Å². The van der Waals surface area contributed by atoms with Gasteiger partial charge in [-0.05, 0) is 30.4 Å². The van der Waals surface area contributed by atoms with Crippen LogP contribution in [0.3, 0.4) is 0 Å². The zero-order chi connectivity index (χ0) is 13.2. The number of nitrogens with zero attached hydrogens (tertiary/aromatic N) is 2. The zero-order valence-corrected chi connectivity index (χ0v) is 11.7. The van der Waals surface area contributed by atoms with Crippen molar-refractivity contribution in [3.05, 3.63) is 53.2 Å². The molecule has 1 aromatic carbocycles. The number of anilines is 1. The summed E-state index contributed by atoms with van der Waals surface area (Å²) in [5.74, 6) is 0.917. The summed E-state index contributed by atoms with van der Waals surface area (Å²) < 4.78 is 0. The fourth-order valence-electron chi connectivity index (χ4n) is 2.16. The lowest BCUT2D eigenvalue weighted by molar-refractivity contribution is 0.876. The number of fused-ring (bicyclic) bond motifs is 1. The molecule has 3 nitrogen and oxygen atoms in total. The maximum Gasteiger partial charge on any atom is 0.138 e. The number of hydrogen-bond acceptors (Lipinski definition) is 4. The second-order valence-electron chi connectivity index (χ2n) is 4.60.